The quantitative estimate of drug-likeness (QED) is 0.539. The van der Waals surface area contributed by atoms with Gasteiger partial charge < -0.3 is 11.1 Å². The summed E-state index contributed by atoms with van der Waals surface area (Å²) in [6, 6.07) is 1.19. The van der Waals surface area contributed by atoms with E-state index >= 15 is 0 Å². The molecule has 2 fully saturated rings. The highest BCUT2D eigenvalue weighted by Crippen LogP contribution is 2.18. The Kier molecular flexibility index (Phi) is 4.04. The van der Waals surface area contributed by atoms with E-state index in [0.29, 0.717) is 18.0 Å². The Labute approximate surface area is 98.3 Å². The van der Waals surface area contributed by atoms with E-state index in [0.717, 1.165) is 6.54 Å². The van der Waals surface area contributed by atoms with Crippen LogP contribution in [0.4, 0.5) is 0 Å². The first kappa shape index (κ1) is 11.7. The molecule has 4 heteroatoms. The van der Waals surface area contributed by atoms with Gasteiger partial charge in [-0.3, -0.25) is 9.89 Å². The molecule has 92 valence electrons. The third-order valence-corrected chi connectivity index (χ3v) is 3.53. The summed E-state index contributed by atoms with van der Waals surface area (Å²) >= 11 is 0. The second-order valence-corrected chi connectivity index (χ2v) is 4.95. The summed E-state index contributed by atoms with van der Waals surface area (Å²) < 4.78 is 0. The number of rotatable bonds is 5. The van der Waals surface area contributed by atoms with E-state index in [4.69, 9.17) is 5.73 Å². The standard InChI is InChI=1S/C12H24N4/c1-2-11(16-7-3-4-8-16)9-14-12(13)15-10-5-6-10/h10-11H,2-9H2,1H3,(H3,13,14,15)/t11-/m1/s1. The highest BCUT2D eigenvalue weighted by Gasteiger charge is 2.22. The van der Waals surface area contributed by atoms with Gasteiger partial charge in [-0.2, -0.15) is 0 Å². The fourth-order valence-corrected chi connectivity index (χ4v) is 2.30. The van der Waals surface area contributed by atoms with Gasteiger partial charge in [0.15, 0.2) is 5.96 Å². The number of likely N-dealkylation sites (tertiary alicyclic amines) is 1. The van der Waals surface area contributed by atoms with Crippen molar-refractivity contribution in [3.8, 4) is 0 Å². The van der Waals surface area contributed by atoms with Crippen LogP contribution in [0.15, 0.2) is 4.99 Å². The second-order valence-electron chi connectivity index (χ2n) is 4.95. The van der Waals surface area contributed by atoms with E-state index in [9.17, 15) is 0 Å². The van der Waals surface area contributed by atoms with Crippen molar-refractivity contribution in [3.05, 3.63) is 0 Å². The molecule has 3 N–H and O–H groups in total. The van der Waals surface area contributed by atoms with Crippen molar-refractivity contribution in [3.63, 3.8) is 0 Å². The van der Waals surface area contributed by atoms with Crippen molar-refractivity contribution in [2.75, 3.05) is 19.6 Å². The lowest BCUT2D eigenvalue weighted by Crippen LogP contribution is -2.38. The minimum atomic E-state index is 0.585. The average molecular weight is 224 g/mol. The Balaban J connectivity index is 1.75. The largest absolute Gasteiger partial charge is 0.370 e. The summed E-state index contributed by atoms with van der Waals surface area (Å²) in [5.41, 5.74) is 5.84. The van der Waals surface area contributed by atoms with E-state index < -0.39 is 0 Å². The smallest absolute Gasteiger partial charge is 0.188 e. The lowest BCUT2D eigenvalue weighted by Gasteiger charge is -2.24. The number of nitrogens with zero attached hydrogens (tertiary/aromatic N) is 2. The Hall–Kier alpha value is -0.770. The molecule has 1 saturated carbocycles. The molecule has 0 spiro atoms. The maximum atomic E-state index is 5.84. The Morgan fingerprint density at radius 2 is 2.12 bits per heavy atom. The summed E-state index contributed by atoms with van der Waals surface area (Å²) in [6.45, 7) is 5.57. The predicted molar refractivity (Wildman–Crippen MR) is 67.5 cm³/mol. The van der Waals surface area contributed by atoms with Gasteiger partial charge in [-0.05, 0) is 45.2 Å². The zero-order chi connectivity index (χ0) is 11.4. The zero-order valence-corrected chi connectivity index (χ0v) is 10.3. The molecule has 1 aliphatic heterocycles. The summed E-state index contributed by atoms with van der Waals surface area (Å²) in [4.78, 5) is 7.01. The number of nitrogens with two attached hydrogens (primary N) is 1. The number of hydrogen-bond acceptors (Lipinski definition) is 2. The maximum absolute atomic E-state index is 5.84. The minimum absolute atomic E-state index is 0.585. The van der Waals surface area contributed by atoms with Crippen molar-refractivity contribution < 1.29 is 0 Å². The van der Waals surface area contributed by atoms with Gasteiger partial charge in [-0.25, -0.2) is 0 Å². The molecule has 0 radical (unpaired) electrons. The molecule has 1 saturated heterocycles. The van der Waals surface area contributed by atoms with E-state index in [1.807, 2.05) is 0 Å². The Morgan fingerprint density at radius 1 is 1.44 bits per heavy atom. The summed E-state index contributed by atoms with van der Waals surface area (Å²) in [5.74, 6) is 0.639. The van der Waals surface area contributed by atoms with Crippen LogP contribution < -0.4 is 11.1 Å². The molecule has 0 aromatic carbocycles. The molecule has 1 heterocycles. The maximum Gasteiger partial charge on any atom is 0.188 e. The van der Waals surface area contributed by atoms with Crippen LogP contribution in [0.25, 0.3) is 0 Å². The first-order chi connectivity index (χ1) is 7.79. The topological polar surface area (TPSA) is 53.6 Å². The van der Waals surface area contributed by atoms with Crippen LogP contribution in [0.1, 0.15) is 39.0 Å². The van der Waals surface area contributed by atoms with E-state index in [1.165, 1.54) is 45.2 Å². The van der Waals surface area contributed by atoms with Crippen LogP contribution in [0.5, 0.6) is 0 Å². The predicted octanol–water partition coefficient (Wildman–Crippen LogP) is 0.928. The fourth-order valence-electron chi connectivity index (χ4n) is 2.30. The van der Waals surface area contributed by atoms with E-state index in [1.54, 1.807) is 0 Å². The van der Waals surface area contributed by atoms with Gasteiger partial charge in [-0.15, -0.1) is 0 Å². The Bertz CT molecular complexity index is 241. The van der Waals surface area contributed by atoms with Crippen molar-refractivity contribution in [1.29, 1.82) is 0 Å². The van der Waals surface area contributed by atoms with Gasteiger partial charge in [0.25, 0.3) is 0 Å². The fraction of sp³-hybridized carbons (Fsp3) is 0.917. The third-order valence-electron chi connectivity index (χ3n) is 3.53. The lowest BCUT2D eigenvalue weighted by atomic mass is 10.2. The van der Waals surface area contributed by atoms with Gasteiger partial charge in [-0.1, -0.05) is 6.92 Å². The van der Waals surface area contributed by atoms with E-state index in [-0.39, 0.29) is 0 Å². The van der Waals surface area contributed by atoms with Crippen molar-refractivity contribution in [2.45, 2.75) is 51.1 Å². The van der Waals surface area contributed by atoms with Crippen molar-refractivity contribution >= 4 is 5.96 Å². The molecule has 1 atom stereocenters. The van der Waals surface area contributed by atoms with Crippen LogP contribution in [0.3, 0.4) is 0 Å². The molecule has 4 nitrogen and oxygen atoms in total. The van der Waals surface area contributed by atoms with Crippen molar-refractivity contribution in [1.82, 2.24) is 10.2 Å². The van der Waals surface area contributed by atoms with Gasteiger partial charge in [0.05, 0.1) is 6.54 Å². The minimum Gasteiger partial charge on any atom is -0.370 e. The van der Waals surface area contributed by atoms with Crippen LogP contribution in [0.2, 0.25) is 0 Å². The van der Waals surface area contributed by atoms with Crippen LogP contribution >= 0.6 is 0 Å². The molecule has 1 aliphatic carbocycles. The highest BCUT2D eigenvalue weighted by molar-refractivity contribution is 5.78. The molecule has 2 aliphatic rings. The van der Waals surface area contributed by atoms with Crippen LogP contribution in [-0.2, 0) is 0 Å². The summed E-state index contributed by atoms with van der Waals surface area (Å²) in [7, 11) is 0. The molecule has 0 aromatic rings. The number of aliphatic imine (C=N–C) groups is 1. The zero-order valence-electron chi connectivity index (χ0n) is 10.3. The lowest BCUT2D eigenvalue weighted by molar-refractivity contribution is 0.242. The summed E-state index contributed by atoms with van der Waals surface area (Å²) in [5, 5.41) is 3.23. The molecular formula is C12H24N4. The van der Waals surface area contributed by atoms with Gasteiger partial charge in [0, 0.05) is 12.1 Å². The van der Waals surface area contributed by atoms with Gasteiger partial charge in [0.1, 0.15) is 0 Å². The SMILES string of the molecule is CC[C@H](CN=C(N)NC1CC1)N1CCCC1. The van der Waals surface area contributed by atoms with E-state index in [2.05, 4.69) is 22.1 Å². The van der Waals surface area contributed by atoms with Crippen LogP contribution in [0, 0.1) is 0 Å². The number of hydrogen-bond donors (Lipinski definition) is 2. The molecule has 0 bridgehead atoms. The molecule has 0 unspecified atom stereocenters. The highest BCUT2D eigenvalue weighted by atomic mass is 15.2. The molecular weight excluding hydrogens is 200 g/mol. The van der Waals surface area contributed by atoms with Crippen molar-refractivity contribution in [2.24, 2.45) is 10.7 Å². The number of nitrogens with one attached hydrogen (secondary N) is 1. The average Bonchev–Trinajstić information content (AvgIpc) is 2.92. The first-order valence-electron chi connectivity index (χ1n) is 6.60. The van der Waals surface area contributed by atoms with Gasteiger partial charge in [0.2, 0.25) is 0 Å². The first-order valence-corrected chi connectivity index (χ1v) is 6.60. The summed E-state index contributed by atoms with van der Waals surface area (Å²) in [6.07, 6.45) is 6.35. The number of guanidine groups is 1. The van der Waals surface area contributed by atoms with Crippen LogP contribution in [-0.4, -0.2) is 42.6 Å². The monoisotopic (exact) mass is 224 g/mol. The molecule has 0 aromatic heterocycles. The normalized spacial score (nSPS) is 24.7. The van der Waals surface area contributed by atoms with Gasteiger partial charge >= 0.3 is 0 Å². The Morgan fingerprint density at radius 3 is 2.69 bits per heavy atom. The second kappa shape index (κ2) is 5.53. The molecule has 16 heavy (non-hydrogen) atoms. The molecule has 0 amide bonds. The third kappa shape index (κ3) is 3.37. The molecule has 2 rings (SSSR count).